The summed E-state index contributed by atoms with van der Waals surface area (Å²) in [4.78, 5) is 14.5. The third-order valence-corrected chi connectivity index (χ3v) is 24.8. The van der Waals surface area contributed by atoms with E-state index in [0.29, 0.717) is 18.8 Å². The van der Waals surface area contributed by atoms with Gasteiger partial charge in [0, 0.05) is 20.1 Å². The SMILES string of the molecule is CO[C@H]1[C@H](O)[C@@H](O[C@H]2[C@H](O)[C@@H](O[C@@H]3[C@@H](OC)[C@H](O)[C@@H](O[C@H]4[C@H](O)[C@@H](O[C@@H]5[C@@H](O)[C@H](O)[C@@H](O[C@@H]6[C@@H](O[C@@H]7CC[C@@]8(C)C9=C[C@@H](O)[C@@]%10%11C(=O)O[C@@](C)(CCCC(C)C)[C@@H]%10CC[C@]%11(C)[C@H]9CC[C@H]8C7(C)C)OC[C@H](O)[C@H]6O)O[C@H]5C)O[C@@H](CO)[C@@H]4O)O[C@H]3CO)O[C@@H](CO)[C@@H]2O)O[C@@H](CO)[C@@H]1O. The van der Waals surface area contributed by atoms with Crippen LogP contribution in [0, 0.1) is 45.3 Å². The summed E-state index contributed by atoms with van der Waals surface area (Å²) in [5.41, 5.74) is -2.08. The van der Waals surface area contributed by atoms with Crippen molar-refractivity contribution >= 4 is 5.97 Å². The van der Waals surface area contributed by atoms with E-state index >= 15 is 0 Å². The number of methoxy groups -OCH3 is 2. The monoisotopic (exact) mass is 1430 g/mol. The van der Waals surface area contributed by atoms with E-state index in [-0.39, 0.29) is 30.3 Å². The lowest BCUT2D eigenvalue weighted by Gasteiger charge is -2.64. The van der Waals surface area contributed by atoms with Gasteiger partial charge in [-0.2, -0.15) is 0 Å². The minimum absolute atomic E-state index is 0.0108. The zero-order chi connectivity index (χ0) is 72.1. The summed E-state index contributed by atoms with van der Waals surface area (Å²) in [5, 5.41) is 180. The number of hydrogen-bond donors (Lipinski definition) is 16. The van der Waals surface area contributed by atoms with E-state index in [0.717, 1.165) is 57.6 Å². The van der Waals surface area contributed by atoms with Crippen LogP contribution in [0.3, 0.4) is 0 Å². The molecule has 1 spiro atoms. The Morgan fingerprint density at radius 1 is 0.505 bits per heavy atom. The maximum Gasteiger partial charge on any atom is 0.316 e. The molecule has 0 amide bonds. The molecule has 0 aromatic carbocycles. The normalized spacial score (nSPS) is 52.9. The third kappa shape index (κ3) is 13.5. The summed E-state index contributed by atoms with van der Waals surface area (Å²) in [7, 11) is 2.29. The fourth-order valence-electron chi connectivity index (χ4n) is 19.4. The molecule has 3 saturated carbocycles. The molecule has 7 aliphatic heterocycles. The Balaban J connectivity index is 0.730. The van der Waals surface area contributed by atoms with E-state index in [1.807, 2.05) is 6.08 Å². The van der Waals surface area contributed by atoms with E-state index in [1.165, 1.54) is 14.0 Å². The highest BCUT2D eigenvalue weighted by molar-refractivity contribution is 5.84. The Kier molecular flexibility index (Phi) is 23.9. The van der Waals surface area contributed by atoms with Gasteiger partial charge in [0.2, 0.25) is 0 Å². The molecule has 0 radical (unpaired) electrons. The molecule has 0 aromatic heterocycles. The molecule has 38 atom stereocenters. The van der Waals surface area contributed by atoms with Gasteiger partial charge in [0.05, 0.1) is 51.3 Å². The highest BCUT2D eigenvalue weighted by Gasteiger charge is 2.79. The molecule has 10 fully saturated rings. The van der Waals surface area contributed by atoms with Gasteiger partial charge in [-0.3, -0.25) is 4.79 Å². The molecule has 570 valence electrons. The lowest BCUT2D eigenvalue weighted by molar-refractivity contribution is -0.398. The average molecular weight is 1430 g/mol. The maximum atomic E-state index is 14.5. The summed E-state index contributed by atoms with van der Waals surface area (Å²) >= 11 is 0. The van der Waals surface area contributed by atoms with Gasteiger partial charge in [-0.05, 0) is 99.2 Å². The number of rotatable bonds is 22. The van der Waals surface area contributed by atoms with Crippen LogP contribution in [0.25, 0.3) is 0 Å². The third-order valence-electron chi connectivity index (χ3n) is 24.8. The second-order valence-electron chi connectivity index (χ2n) is 31.2. The van der Waals surface area contributed by atoms with Gasteiger partial charge in [-0.15, -0.1) is 0 Å². The van der Waals surface area contributed by atoms with Gasteiger partial charge in [-0.1, -0.05) is 59.6 Å². The second-order valence-corrected chi connectivity index (χ2v) is 31.2. The molecule has 0 aromatic rings. The molecule has 7 heterocycles. The first-order chi connectivity index (χ1) is 46.8. The van der Waals surface area contributed by atoms with Crippen LogP contribution in [0.5, 0.6) is 0 Å². The lowest BCUT2D eigenvalue weighted by Crippen LogP contribution is -2.68. The van der Waals surface area contributed by atoms with Crippen molar-refractivity contribution in [1.29, 1.82) is 0 Å². The molecule has 32 heteroatoms. The summed E-state index contributed by atoms with van der Waals surface area (Å²) in [6, 6.07) is 0. The molecule has 99 heavy (non-hydrogen) atoms. The van der Waals surface area contributed by atoms with Gasteiger partial charge >= 0.3 is 5.97 Å². The van der Waals surface area contributed by atoms with Crippen molar-refractivity contribution in [1.82, 2.24) is 0 Å². The van der Waals surface area contributed by atoms with Crippen LogP contribution in [0.1, 0.15) is 113 Å². The van der Waals surface area contributed by atoms with E-state index in [4.69, 9.17) is 71.1 Å². The van der Waals surface area contributed by atoms with Crippen LogP contribution in [0.4, 0.5) is 0 Å². The predicted octanol–water partition coefficient (Wildman–Crippen LogP) is -4.03. The molecule has 7 saturated heterocycles. The first-order valence-corrected chi connectivity index (χ1v) is 35.2. The molecule has 11 aliphatic rings. The average Bonchev–Trinajstić information content (AvgIpc) is 1.52. The van der Waals surface area contributed by atoms with Gasteiger partial charge < -0.3 is 153 Å². The quantitative estimate of drug-likeness (QED) is 0.0279. The molecule has 0 bridgehead atoms. The predicted molar refractivity (Wildman–Crippen MR) is 332 cm³/mol. The number of aliphatic hydroxyl groups is 16. The van der Waals surface area contributed by atoms with Crippen LogP contribution in [0.15, 0.2) is 11.6 Å². The van der Waals surface area contributed by atoms with E-state index < -0.39 is 244 Å². The van der Waals surface area contributed by atoms with Crippen LogP contribution < -0.4 is 0 Å². The summed E-state index contributed by atoms with van der Waals surface area (Å²) < 4.78 is 89.5. The van der Waals surface area contributed by atoms with Crippen LogP contribution in [-0.4, -0.2) is 331 Å². The topological polar surface area (TPSA) is 479 Å². The van der Waals surface area contributed by atoms with Crippen molar-refractivity contribution in [2.45, 2.75) is 309 Å². The largest absolute Gasteiger partial charge is 0.459 e. The maximum absolute atomic E-state index is 14.5. The Hall–Kier alpha value is -1.99. The zero-order valence-electron chi connectivity index (χ0n) is 57.9. The molecule has 4 aliphatic carbocycles. The fourth-order valence-corrected chi connectivity index (χ4v) is 19.4. The Labute approximate surface area is 575 Å². The fraction of sp³-hybridized carbons (Fsp3) is 0.955. The van der Waals surface area contributed by atoms with Gasteiger partial charge in [0.15, 0.2) is 37.7 Å². The molecular formula is C67H110O32. The second kappa shape index (κ2) is 30.3. The Morgan fingerprint density at radius 2 is 1.00 bits per heavy atom. The molecule has 32 nitrogen and oxygen atoms in total. The molecule has 16 N–H and O–H groups in total. The number of hydrogen-bond acceptors (Lipinski definition) is 32. The van der Waals surface area contributed by atoms with Crippen LogP contribution >= 0.6 is 0 Å². The lowest BCUT2D eigenvalue weighted by atomic mass is 9.40. The number of fused-ring (bicyclic) bond motifs is 4. The smallest absolute Gasteiger partial charge is 0.316 e. The van der Waals surface area contributed by atoms with Gasteiger partial charge in [0.25, 0.3) is 0 Å². The van der Waals surface area contributed by atoms with Crippen molar-refractivity contribution in [3.63, 3.8) is 0 Å². The van der Waals surface area contributed by atoms with Crippen molar-refractivity contribution in [2.75, 3.05) is 47.3 Å². The van der Waals surface area contributed by atoms with Crippen molar-refractivity contribution < 1.29 is 158 Å². The number of ether oxygens (including phenoxy) is 15. The zero-order valence-corrected chi connectivity index (χ0v) is 57.9. The van der Waals surface area contributed by atoms with E-state index in [9.17, 15) is 86.5 Å². The number of carbonyl (C=O) groups is 1. The Morgan fingerprint density at radius 3 is 1.55 bits per heavy atom. The van der Waals surface area contributed by atoms with E-state index in [2.05, 4.69) is 48.5 Å². The Bertz CT molecular complexity index is 2740. The molecule has 11 rings (SSSR count). The summed E-state index contributed by atoms with van der Waals surface area (Å²) in [6.45, 7) is 12.7. The van der Waals surface area contributed by atoms with Crippen LogP contribution in [0.2, 0.25) is 0 Å². The first kappa shape index (κ1) is 78.1. The number of aliphatic hydroxyl groups excluding tert-OH is 16. The molecule has 0 unspecified atom stereocenters. The summed E-state index contributed by atoms with van der Waals surface area (Å²) in [6.07, 6.45) is -41.9. The van der Waals surface area contributed by atoms with Gasteiger partial charge in [-0.25, -0.2) is 0 Å². The highest BCUT2D eigenvalue weighted by atomic mass is 16.8. The minimum atomic E-state index is -2.07. The number of carbonyl (C=O) groups excluding carboxylic acids is 1. The van der Waals surface area contributed by atoms with E-state index in [1.54, 1.807) is 0 Å². The van der Waals surface area contributed by atoms with Crippen molar-refractivity contribution in [3.8, 4) is 0 Å². The number of esters is 1. The molecular weight excluding hydrogens is 1320 g/mol. The van der Waals surface area contributed by atoms with Crippen molar-refractivity contribution in [3.05, 3.63) is 11.6 Å². The van der Waals surface area contributed by atoms with Crippen LogP contribution in [-0.2, 0) is 75.8 Å². The highest BCUT2D eigenvalue weighted by Crippen LogP contribution is 2.76. The minimum Gasteiger partial charge on any atom is -0.459 e. The van der Waals surface area contributed by atoms with Crippen molar-refractivity contribution in [2.24, 2.45) is 45.3 Å². The standard InChI is InChI=1S/C67H110O32/c1-26(2)12-11-17-66(8)36-15-19-65(7)28-13-14-35-63(4,5)38(16-18-64(35,6)29(28)20-37(73)67(36,65)62(84)99-66)93-61-55(39(74)30(72)25-87-61)98-56-44(79)43(78)49(27(3)88-56)94-58-46(81)52(41(76)32(22-69)90-58)97-60-48(83)54(86-10)50(34(24-71)92-60)95-59-47(82)53(42(77)33(23-70)91-59)96-57-45(80)51(85-9)40(75)31(21-68)89-57/h20,26-28,30-61,68-83H,11-19,21-25H2,1-10H3/t27-,28-,30-,31-,32-,33-,34-,35-,36-,37+,38+,39+,40-,41-,42-,43-,44-,45-,46-,47-,48-,49-,50-,51+,52+,53+,54-,55-,56+,57+,58+,59+,60+,61+,64-,65+,66-,67+/m0/s1. The number of allylic oxidation sites excluding steroid dienone is 1. The first-order valence-electron chi connectivity index (χ1n) is 35.2. The van der Waals surface area contributed by atoms with Gasteiger partial charge in [0.1, 0.15) is 145 Å². The summed E-state index contributed by atoms with van der Waals surface area (Å²) in [5.74, 6) is 0.143. The number of cyclic esters (lactones) is 1.